The zero-order valence-corrected chi connectivity index (χ0v) is 12.8. The molecular weight excluding hydrogens is 288 g/mol. The number of hydrogen-bond acceptors (Lipinski definition) is 4. The Hall–Kier alpha value is -1.33. The van der Waals surface area contributed by atoms with Crippen molar-refractivity contribution in [2.45, 2.75) is 37.0 Å². The van der Waals surface area contributed by atoms with Crippen molar-refractivity contribution < 1.29 is 4.79 Å². The number of aryl methyl sites for hydroxylation is 2. The number of thiol groups is 1. The van der Waals surface area contributed by atoms with Gasteiger partial charge in [-0.15, -0.1) is 24.0 Å². The van der Waals surface area contributed by atoms with Gasteiger partial charge in [0.05, 0.1) is 12.1 Å². The largest absolute Gasteiger partial charge is 0.302 e. The van der Waals surface area contributed by atoms with Gasteiger partial charge in [-0.1, -0.05) is 12.1 Å². The quantitative estimate of drug-likeness (QED) is 0.852. The molecule has 3 rings (SSSR count). The Morgan fingerprint density at radius 2 is 2.00 bits per heavy atom. The number of carbonyl (C=O) groups is 1. The van der Waals surface area contributed by atoms with Gasteiger partial charge in [-0.2, -0.15) is 0 Å². The van der Waals surface area contributed by atoms with Crippen LogP contribution in [-0.4, -0.2) is 10.9 Å². The minimum absolute atomic E-state index is 0.0111. The van der Waals surface area contributed by atoms with E-state index in [2.05, 4.69) is 22.9 Å². The molecule has 1 amide bonds. The van der Waals surface area contributed by atoms with E-state index >= 15 is 0 Å². The molecule has 0 saturated carbocycles. The molecule has 0 bridgehead atoms. The summed E-state index contributed by atoms with van der Waals surface area (Å²) in [6.07, 6.45) is 4.97. The summed E-state index contributed by atoms with van der Waals surface area (Å²) in [4.78, 5) is 18.8. The summed E-state index contributed by atoms with van der Waals surface area (Å²) < 4.78 is 0. The second-order valence-electron chi connectivity index (χ2n) is 4.99. The van der Waals surface area contributed by atoms with Crippen LogP contribution in [0.3, 0.4) is 0 Å². The molecule has 1 N–H and O–H groups in total. The number of nitrogens with zero attached hydrogens (tertiary/aromatic N) is 1. The van der Waals surface area contributed by atoms with Crippen molar-refractivity contribution in [3.05, 3.63) is 40.4 Å². The number of fused-ring (bicyclic) bond motifs is 1. The van der Waals surface area contributed by atoms with Gasteiger partial charge in [-0.25, -0.2) is 4.98 Å². The monoisotopic (exact) mass is 304 g/mol. The predicted octanol–water partition coefficient (Wildman–Crippen LogP) is 3.49. The van der Waals surface area contributed by atoms with Gasteiger partial charge < -0.3 is 5.32 Å². The molecule has 1 aromatic heterocycles. The Kier molecular flexibility index (Phi) is 4.08. The second kappa shape index (κ2) is 5.97. The van der Waals surface area contributed by atoms with Crippen molar-refractivity contribution in [3.8, 4) is 0 Å². The first-order valence-corrected chi connectivity index (χ1v) is 8.03. The standard InChI is InChI=1S/C15H16N2OS2/c18-14(9-10-5-7-11(19)8-6-10)17-15-16-12-3-1-2-4-13(12)20-15/h5-8,19H,1-4,9H2,(H,16,17,18). The van der Waals surface area contributed by atoms with Crippen LogP contribution >= 0.6 is 24.0 Å². The zero-order chi connectivity index (χ0) is 13.9. The van der Waals surface area contributed by atoms with Gasteiger partial charge in [0.15, 0.2) is 5.13 Å². The first-order chi connectivity index (χ1) is 9.70. The molecule has 20 heavy (non-hydrogen) atoms. The van der Waals surface area contributed by atoms with Crippen LogP contribution < -0.4 is 5.32 Å². The summed E-state index contributed by atoms with van der Waals surface area (Å²) in [5, 5.41) is 3.65. The molecule has 0 radical (unpaired) electrons. The van der Waals surface area contributed by atoms with Crippen molar-refractivity contribution >= 4 is 35.0 Å². The van der Waals surface area contributed by atoms with Crippen LogP contribution in [0.5, 0.6) is 0 Å². The minimum atomic E-state index is -0.0111. The number of aromatic nitrogens is 1. The lowest BCUT2D eigenvalue weighted by Gasteiger charge is -2.06. The Balaban J connectivity index is 1.63. The highest BCUT2D eigenvalue weighted by Crippen LogP contribution is 2.29. The molecule has 5 heteroatoms. The maximum Gasteiger partial charge on any atom is 0.230 e. The molecule has 0 unspecified atom stereocenters. The number of rotatable bonds is 3. The van der Waals surface area contributed by atoms with Gasteiger partial charge >= 0.3 is 0 Å². The molecule has 1 aliphatic rings. The van der Waals surface area contributed by atoms with Crippen LogP contribution in [0.2, 0.25) is 0 Å². The number of amides is 1. The molecule has 1 aromatic carbocycles. The average molecular weight is 304 g/mol. The molecular formula is C15H16N2OS2. The summed E-state index contributed by atoms with van der Waals surface area (Å²) in [5.41, 5.74) is 2.16. The fraction of sp³-hybridized carbons (Fsp3) is 0.333. The summed E-state index contributed by atoms with van der Waals surface area (Å²) in [7, 11) is 0. The second-order valence-corrected chi connectivity index (χ2v) is 6.59. The van der Waals surface area contributed by atoms with Gasteiger partial charge in [-0.05, 0) is 43.4 Å². The van der Waals surface area contributed by atoms with E-state index in [-0.39, 0.29) is 5.91 Å². The lowest BCUT2D eigenvalue weighted by molar-refractivity contribution is -0.115. The van der Waals surface area contributed by atoms with Crippen molar-refractivity contribution in [3.63, 3.8) is 0 Å². The zero-order valence-electron chi connectivity index (χ0n) is 11.1. The molecule has 0 atom stereocenters. The van der Waals surface area contributed by atoms with Crippen LogP contribution in [0.25, 0.3) is 0 Å². The number of carbonyl (C=O) groups excluding carboxylic acids is 1. The van der Waals surface area contributed by atoms with Crippen LogP contribution in [0.4, 0.5) is 5.13 Å². The van der Waals surface area contributed by atoms with Gasteiger partial charge in [-0.3, -0.25) is 4.79 Å². The van der Waals surface area contributed by atoms with Crippen molar-refractivity contribution in [1.29, 1.82) is 0 Å². The highest BCUT2D eigenvalue weighted by Gasteiger charge is 2.16. The van der Waals surface area contributed by atoms with E-state index in [1.165, 1.54) is 23.4 Å². The number of hydrogen-bond donors (Lipinski definition) is 2. The van der Waals surface area contributed by atoms with E-state index in [0.29, 0.717) is 6.42 Å². The molecule has 0 saturated heterocycles. The normalized spacial score (nSPS) is 13.8. The summed E-state index contributed by atoms with van der Waals surface area (Å²) in [6, 6.07) is 7.64. The van der Waals surface area contributed by atoms with Gasteiger partial charge in [0.1, 0.15) is 0 Å². The molecule has 104 valence electrons. The molecule has 0 aliphatic heterocycles. The SMILES string of the molecule is O=C(Cc1ccc(S)cc1)Nc1nc2c(s1)CCCC2. The van der Waals surface area contributed by atoms with E-state index < -0.39 is 0 Å². The Morgan fingerprint density at radius 1 is 1.25 bits per heavy atom. The van der Waals surface area contributed by atoms with Crippen LogP contribution in [0, 0.1) is 0 Å². The Morgan fingerprint density at radius 3 is 2.75 bits per heavy atom. The van der Waals surface area contributed by atoms with Crippen LogP contribution in [-0.2, 0) is 24.1 Å². The molecule has 1 aliphatic carbocycles. The van der Waals surface area contributed by atoms with Crippen molar-refractivity contribution in [1.82, 2.24) is 4.98 Å². The van der Waals surface area contributed by atoms with Crippen molar-refractivity contribution in [2.75, 3.05) is 5.32 Å². The molecule has 0 spiro atoms. The number of benzene rings is 1. The third kappa shape index (κ3) is 3.22. The summed E-state index contributed by atoms with van der Waals surface area (Å²) >= 11 is 5.86. The molecule has 3 nitrogen and oxygen atoms in total. The fourth-order valence-electron chi connectivity index (χ4n) is 2.37. The molecule has 1 heterocycles. The summed E-state index contributed by atoms with van der Waals surface area (Å²) in [5.74, 6) is -0.0111. The summed E-state index contributed by atoms with van der Waals surface area (Å²) in [6.45, 7) is 0. The highest BCUT2D eigenvalue weighted by atomic mass is 32.1. The third-order valence-corrected chi connectivity index (χ3v) is 4.76. The highest BCUT2D eigenvalue weighted by molar-refractivity contribution is 7.80. The van der Waals surface area contributed by atoms with Gasteiger partial charge in [0, 0.05) is 9.77 Å². The number of nitrogens with one attached hydrogen (secondary N) is 1. The third-order valence-electron chi connectivity index (χ3n) is 3.39. The molecule has 2 aromatic rings. The lowest BCUT2D eigenvalue weighted by Crippen LogP contribution is -2.14. The minimum Gasteiger partial charge on any atom is -0.302 e. The van der Waals surface area contributed by atoms with E-state index in [4.69, 9.17) is 0 Å². The fourth-order valence-corrected chi connectivity index (χ4v) is 3.58. The maximum absolute atomic E-state index is 12.0. The lowest BCUT2D eigenvalue weighted by atomic mass is 10.0. The van der Waals surface area contributed by atoms with E-state index in [1.54, 1.807) is 11.3 Å². The average Bonchev–Trinajstić information content (AvgIpc) is 2.83. The van der Waals surface area contributed by atoms with Crippen LogP contribution in [0.1, 0.15) is 29.0 Å². The van der Waals surface area contributed by atoms with Gasteiger partial charge in [0.2, 0.25) is 5.91 Å². The van der Waals surface area contributed by atoms with Crippen molar-refractivity contribution in [2.24, 2.45) is 0 Å². The van der Waals surface area contributed by atoms with E-state index in [9.17, 15) is 4.79 Å². The smallest absolute Gasteiger partial charge is 0.230 e. The number of anilines is 1. The molecule has 0 fully saturated rings. The van der Waals surface area contributed by atoms with E-state index in [0.717, 1.165) is 28.4 Å². The first kappa shape index (κ1) is 13.6. The predicted molar refractivity (Wildman–Crippen MR) is 84.8 cm³/mol. The number of thiazole rings is 1. The Labute approximate surface area is 127 Å². The van der Waals surface area contributed by atoms with E-state index in [1.807, 2.05) is 24.3 Å². The topological polar surface area (TPSA) is 42.0 Å². The van der Waals surface area contributed by atoms with Gasteiger partial charge in [0.25, 0.3) is 0 Å². The maximum atomic E-state index is 12.0. The Bertz CT molecular complexity index is 596. The van der Waals surface area contributed by atoms with Crippen LogP contribution in [0.15, 0.2) is 29.2 Å². The first-order valence-electron chi connectivity index (χ1n) is 6.77.